The van der Waals surface area contributed by atoms with Crippen LogP contribution >= 0.6 is 0 Å². The predicted molar refractivity (Wildman–Crippen MR) is 71.6 cm³/mol. The van der Waals surface area contributed by atoms with Crippen molar-refractivity contribution in [2.75, 3.05) is 7.11 Å². The van der Waals surface area contributed by atoms with E-state index < -0.39 is 5.72 Å². The molecule has 3 rings (SSSR count). The lowest BCUT2D eigenvalue weighted by atomic mass is 9.98. The number of nitrogens with zero attached hydrogens (tertiary/aromatic N) is 2. The van der Waals surface area contributed by atoms with Crippen LogP contribution in [0.2, 0.25) is 0 Å². The quantitative estimate of drug-likeness (QED) is 0.900. The van der Waals surface area contributed by atoms with Crippen LogP contribution in [0.4, 0.5) is 0 Å². The van der Waals surface area contributed by atoms with E-state index in [4.69, 9.17) is 4.84 Å². The molecule has 1 amide bonds. The molecule has 20 heavy (non-hydrogen) atoms. The van der Waals surface area contributed by atoms with E-state index in [2.05, 4.69) is 4.98 Å². The fourth-order valence-electron chi connectivity index (χ4n) is 2.53. The lowest BCUT2D eigenvalue weighted by Gasteiger charge is -2.31. The highest BCUT2D eigenvalue weighted by molar-refractivity contribution is 5.99. The number of fused-ring (bicyclic) bond motifs is 1. The summed E-state index contributed by atoms with van der Waals surface area (Å²) in [6.07, 6.45) is 0. The van der Waals surface area contributed by atoms with Crippen LogP contribution < -0.4 is 0 Å². The van der Waals surface area contributed by atoms with Crippen LogP contribution in [0.5, 0.6) is 0 Å². The van der Waals surface area contributed by atoms with Gasteiger partial charge < -0.3 is 5.11 Å². The van der Waals surface area contributed by atoms with Gasteiger partial charge in [0.15, 0.2) is 0 Å². The smallest absolute Gasteiger partial charge is 0.281 e. The third-order valence-electron chi connectivity index (χ3n) is 3.44. The predicted octanol–water partition coefficient (Wildman–Crippen LogP) is 1.60. The second-order valence-corrected chi connectivity index (χ2v) is 4.66. The fourth-order valence-corrected chi connectivity index (χ4v) is 2.53. The van der Waals surface area contributed by atoms with E-state index in [1.807, 2.05) is 13.0 Å². The van der Waals surface area contributed by atoms with E-state index in [-0.39, 0.29) is 5.91 Å². The van der Waals surface area contributed by atoms with Gasteiger partial charge in [-0.05, 0) is 25.1 Å². The largest absolute Gasteiger partial charge is 0.360 e. The van der Waals surface area contributed by atoms with E-state index in [0.29, 0.717) is 16.8 Å². The molecule has 5 heteroatoms. The van der Waals surface area contributed by atoms with Crippen molar-refractivity contribution in [2.45, 2.75) is 12.6 Å². The van der Waals surface area contributed by atoms with E-state index in [0.717, 1.165) is 10.8 Å². The second kappa shape index (κ2) is 4.40. The van der Waals surface area contributed by atoms with Crippen LogP contribution in [0.1, 0.15) is 27.3 Å². The zero-order valence-electron chi connectivity index (χ0n) is 11.2. The van der Waals surface area contributed by atoms with Gasteiger partial charge in [-0.25, -0.2) is 0 Å². The van der Waals surface area contributed by atoms with Crippen molar-refractivity contribution >= 4 is 5.91 Å². The zero-order valence-corrected chi connectivity index (χ0v) is 11.2. The molecular formula is C15H14N2O3. The first-order chi connectivity index (χ1) is 9.59. The summed E-state index contributed by atoms with van der Waals surface area (Å²) in [5.41, 5.74) is 0.306. The molecular weight excluding hydrogens is 256 g/mol. The lowest BCUT2D eigenvalue weighted by Crippen LogP contribution is -2.44. The van der Waals surface area contributed by atoms with Crippen LogP contribution in [0.3, 0.4) is 0 Å². The van der Waals surface area contributed by atoms with Crippen molar-refractivity contribution in [3.63, 3.8) is 0 Å². The third-order valence-corrected chi connectivity index (χ3v) is 3.44. The molecule has 5 nitrogen and oxygen atoms in total. The summed E-state index contributed by atoms with van der Waals surface area (Å²) in [7, 11) is 1.35. The van der Waals surface area contributed by atoms with Crippen molar-refractivity contribution in [3.8, 4) is 0 Å². The molecule has 0 aliphatic carbocycles. The fraction of sp³-hybridized carbons (Fsp3) is 0.200. The molecule has 1 atom stereocenters. The highest BCUT2D eigenvalue weighted by Gasteiger charge is 2.52. The van der Waals surface area contributed by atoms with Gasteiger partial charge in [0.25, 0.3) is 5.91 Å². The molecule has 0 saturated heterocycles. The number of aliphatic hydroxyl groups is 1. The first-order valence-electron chi connectivity index (χ1n) is 6.23. The summed E-state index contributed by atoms with van der Waals surface area (Å²) < 4.78 is 0. The van der Waals surface area contributed by atoms with Crippen LogP contribution in [-0.2, 0) is 10.6 Å². The number of hydroxylamine groups is 2. The van der Waals surface area contributed by atoms with Gasteiger partial charge in [0, 0.05) is 11.3 Å². The lowest BCUT2D eigenvalue weighted by molar-refractivity contribution is -0.225. The van der Waals surface area contributed by atoms with Crippen molar-refractivity contribution in [2.24, 2.45) is 0 Å². The number of hydrogen-bond acceptors (Lipinski definition) is 4. The standard InChI is InChI=1S/C15H14N2O3/c1-10-6-5-9-13(16-10)15(19)12-8-4-3-7-11(12)14(18)17(15)20-2/h3-9,19H,1-2H3. The van der Waals surface area contributed by atoms with Gasteiger partial charge in [-0.1, -0.05) is 24.3 Å². The molecule has 0 fully saturated rings. The summed E-state index contributed by atoms with van der Waals surface area (Å²) in [6.45, 7) is 1.83. The maximum absolute atomic E-state index is 12.3. The SMILES string of the molecule is CON1C(=O)c2ccccc2C1(O)c1cccc(C)n1. The Hall–Kier alpha value is -2.24. The number of aromatic nitrogens is 1. The molecule has 1 aromatic heterocycles. The number of carbonyl (C=O) groups excluding carboxylic acids is 1. The normalized spacial score (nSPS) is 21.1. The Balaban J connectivity index is 2.27. The average Bonchev–Trinajstić information content (AvgIpc) is 2.69. The Morgan fingerprint density at radius 2 is 1.95 bits per heavy atom. The van der Waals surface area contributed by atoms with E-state index >= 15 is 0 Å². The number of carbonyl (C=O) groups is 1. The number of pyridine rings is 1. The van der Waals surface area contributed by atoms with Crippen LogP contribution in [0.15, 0.2) is 42.5 Å². The third kappa shape index (κ3) is 1.57. The monoisotopic (exact) mass is 270 g/mol. The molecule has 1 aliphatic heterocycles. The van der Waals surface area contributed by atoms with Gasteiger partial charge in [0.2, 0.25) is 5.72 Å². The number of aryl methyl sites for hydroxylation is 1. The van der Waals surface area contributed by atoms with Crippen molar-refractivity contribution in [1.82, 2.24) is 10.0 Å². The molecule has 0 radical (unpaired) electrons. The van der Waals surface area contributed by atoms with Gasteiger partial charge in [0.05, 0.1) is 12.7 Å². The Kier molecular flexibility index (Phi) is 2.81. The van der Waals surface area contributed by atoms with Crippen molar-refractivity contribution in [1.29, 1.82) is 0 Å². The molecule has 102 valence electrons. The van der Waals surface area contributed by atoms with Gasteiger partial charge in [-0.2, -0.15) is 5.06 Å². The highest BCUT2D eigenvalue weighted by atomic mass is 16.7. The minimum Gasteiger partial charge on any atom is -0.360 e. The van der Waals surface area contributed by atoms with Crippen molar-refractivity contribution in [3.05, 3.63) is 65.0 Å². The first-order valence-corrected chi connectivity index (χ1v) is 6.23. The van der Waals surface area contributed by atoms with Crippen LogP contribution in [0, 0.1) is 6.92 Å². The maximum Gasteiger partial charge on any atom is 0.281 e. The number of benzene rings is 1. The summed E-state index contributed by atoms with van der Waals surface area (Å²) in [5, 5.41) is 12.0. The minimum absolute atomic E-state index is 0.359. The summed E-state index contributed by atoms with van der Waals surface area (Å²) in [6, 6.07) is 12.2. The van der Waals surface area contributed by atoms with Crippen LogP contribution in [-0.4, -0.2) is 28.2 Å². The Bertz CT molecular complexity index is 686. The van der Waals surface area contributed by atoms with Gasteiger partial charge in [-0.15, -0.1) is 0 Å². The number of hydrogen-bond donors (Lipinski definition) is 1. The summed E-state index contributed by atoms with van der Waals surface area (Å²) in [5.74, 6) is -0.381. The Morgan fingerprint density at radius 1 is 1.20 bits per heavy atom. The van der Waals surface area contributed by atoms with Gasteiger partial charge >= 0.3 is 0 Å². The molecule has 1 N–H and O–H groups in total. The average molecular weight is 270 g/mol. The van der Waals surface area contributed by atoms with E-state index in [1.54, 1.807) is 36.4 Å². The highest BCUT2D eigenvalue weighted by Crippen LogP contribution is 2.41. The molecule has 2 heterocycles. The van der Waals surface area contributed by atoms with Gasteiger partial charge in [-0.3, -0.25) is 14.6 Å². The maximum atomic E-state index is 12.3. The van der Waals surface area contributed by atoms with Crippen LogP contribution in [0.25, 0.3) is 0 Å². The van der Waals surface area contributed by atoms with Crippen molar-refractivity contribution < 1.29 is 14.7 Å². The zero-order chi connectivity index (χ0) is 14.3. The molecule has 0 bridgehead atoms. The molecule has 2 aromatic rings. The molecule has 1 aromatic carbocycles. The number of amides is 1. The molecule has 0 spiro atoms. The van der Waals surface area contributed by atoms with E-state index in [9.17, 15) is 9.90 Å². The van der Waals surface area contributed by atoms with E-state index in [1.165, 1.54) is 7.11 Å². The Labute approximate surface area is 116 Å². The summed E-state index contributed by atoms with van der Waals surface area (Å²) in [4.78, 5) is 21.8. The summed E-state index contributed by atoms with van der Waals surface area (Å²) >= 11 is 0. The second-order valence-electron chi connectivity index (χ2n) is 4.66. The molecule has 1 unspecified atom stereocenters. The topological polar surface area (TPSA) is 62.7 Å². The van der Waals surface area contributed by atoms with Gasteiger partial charge in [0.1, 0.15) is 5.69 Å². The molecule has 1 aliphatic rings. The number of rotatable bonds is 2. The molecule has 0 saturated carbocycles. The Morgan fingerprint density at radius 3 is 2.65 bits per heavy atom. The first kappa shape index (κ1) is 12.8. The minimum atomic E-state index is -1.70.